The Morgan fingerprint density at radius 2 is 1.55 bits per heavy atom. The van der Waals surface area contributed by atoms with Gasteiger partial charge in [0.15, 0.2) is 0 Å². The van der Waals surface area contributed by atoms with Crippen LogP contribution in [0.5, 0.6) is 11.5 Å². The van der Waals surface area contributed by atoms with Crippen LogP contribution in [0.25, 0.3) is 0 Å². The molecule has 1 fully saturated rings. The van der Waals surface area contributed by atoms with Crippen molar-refractivity contribution < 1.29 is 27.5 Å². The van der Waals surface area contributed by atoms with Crippen molar-refractivity contribution >= 4 is 33.2 Å². The summed E-state index contributed by atoms with van der Waals surface area (Å²) in [5.74, 6) is 0.106. The second kappa shape index (κ2) is 12.4. The van der Waals surface area contributed by atoms with Crippen molar-refractivity contribution in [2.75, 3.05) is 63.6 Å². The lowest BCUT2D eigenvalue weighted by Gasteiger charge is -2.32. The second-order valence-corrected chi connectivity index (χ2v) is 11.4. The molecule has 0 bridgehead atoms. The first-order valence-electron chi connectivity index (χ1n) is 12.8. The van der Waals surface area contributed by atoms with Gasteiger partial charge in [-0.15, -0.1) is 0 Å². The number of ether oxygens (including phenoxy) is 2. The lowest BCUT2D eigenvalue weighted by molar-refractivity contribution is -0.114. The normalized spacial score (nSPS) is 13.9. The number of nitrogens with one attached hydrogen (secondary N) is 1. The summed E-state index contributed by atoms with van der Waals surface area (Å²) in [4.78, 5) is 29.9. The fourth-order valence-corrected chi connectivity index (χ4v) is 6.05. The Hall–Kier alpha value is -4.09. The van der Waals surface area contributed by atoms with Crippen molar-refractivity contribution in [1.29, 1.82) is 0 Å². The number of likely N-dealkylation sites (N-methyl/N-ethyl adjacent to an activating group) is 1. The third kappa shape index (κ3) is 6.54. The zero-order chi connectivity index (χ0) is 28.9. The number of carbonyl (C=O) groups is 2. The number of sulfonamides is 1. The molecule has 3 aromatic carbocycles. The summed E-state index contributed by atoms with van der Waals surface area (Å²) in [7, 11) is 0.725. The van der Waals surface area contributed by atoms with E-state index < -0.39 is 22.5 Å². The van der Waals surface area contributed by atoms with E-state index in [-0.39, 0.29) is 22.2 Å². The van der Waals surface area contributed by atoms with Crippen molar-refractivity contribution in [2.45, 2.75) is 11.8 Å². The maximum atomic E-state index is 13.9. The predicted molar refractivity (Wildman–Crippen MR) is 154 cm³/mol. The number of nitrogens with zero attached hydrogens (tertiary/aromatic N) is 3. The summed E-state index contributed by atoms with van der Waals surface area (Å²) < 4.78 is 39.3. The molecule has 1 aliphatic heterocycles. The Balaban J connectivity index is 1.55. The highest BCUT2D eigenvalue weighted by atomic mass is 32.2. The van der Waals surface area contributed by atoms with Crippen LogP contribution in [0.3, 0.4) is 0 Å². The second-order valence-electron chi connectivity index (χ2n) is 9.59. The standard InChI is InChI=1S/C29H34N4O6S/c1-21-5-14-26(39-4)27(19-21)40(36,37)33(24-10-12-25(38-3)13-11-24)20-28(34)30-23-8-6-22(7-9-23)29(35)32-17-15-31(2)16-18-32/h5-14,19H,15-18,20H2,1-4H3,(H,30,34). The molecule has 10 nitrogen and oxygen atoms in total. The molecule has 1 heterocycles. The number of hydrogen-bond donors (Lipinski definition) is 1. The number of aryl methyl sites for hydroxylation is 1. The van der Waals surface area contributed by atoms with Crippen LogP contribution >= 0.6 is 0 Å². The van der Waals surface area contributed by atoms with E-state index in [4.69, 9.17) is 9.47 Å². The number of rotatable bonds is 9. The van der Waals surface area contributed by atoms with Crippen LogP contribution in [0.1, 0.15) is 15.9 Å². The highest BCUT2D eigenvalue weighted by Crippen LogP contribution is 2.31. The summed E-state index contributed by atoms with van der Waals surface area (Å²) in [6.07, 6.45) is 0. The van der Waals surface area contributed by atoms with Crippen LogP contribution in [0.2, 0.25) is 0 Å². The fourth-order valence-electron chi connectivity index (χ4n) is 4.39. The summed E-state index contributed by atoms with van der Waals surface area (Å²) in [6.45, 7) is 4.25. The molecular weight excluding hydrogens is 532 g/mol. The SMILES string of the molecule is COc1ccc(N(CC(=O)Nc2ccc(C(=O)N3CCN(C)CC3)cc2)S(=O)(=O)c2cc(C)ccc2OC)cc1. The van der Waals surface area contributed by atoms with E-state index in [0.717, 1.165) is 23.0 Å². The number of methoxy groups -OCH3 is 2. The van der Waals surface area contributed by atoms with Gasteiger partial charge in [0.05, 0.1) is 19.9 Å². The van der Waals surface area contributed by atoms with E-state index in [1.807, 2.05) is 11.9 Å². The molecule has 1 N–H and O–H groups in total. The monoisotopic (exact) mass is 566 g/mol. The molecule has 3 aromatic rings. The lowest BCUT2D eigenvalue weighted by atomic mass is 10.1. The Bertz CT molecular complexity index is 1450. The molecule has 1 aliphatic rings. The number of carbonyl (C=O) groups excluding carboxylic acids is 2. The highest BCUT2D eigenvalue weighted by Gasteiger charge is 2.30. The molecule has 2 amide bonds. The first-order valence-corrected chi connectivity index (χ1v) is 14.3. The van der Waals surface area contributed by atoms with Crippen LogP contribution < -0.4 is 19.1 Å². The van der Waals surface area contributed by atoms with Gasteiger partial charge in [0.25, 0.3) is 15.9 Å². The lowest BCUT2D eigenvalue weighted by Crippen LogP contribution is -2.47. The molecule has 1 saturated heterocycles. The first-order chi connectivity index (χ1) is 19.1. The van der Waals surface area contributed by atoms with Gasteiger partial charge in [-0.05, 0) is 80.2 Å². The predicted octanol–water partition coefficient (Wildman–Crippen LogP) is 3.23. The minimum absolute atomic E-state index is 0.0506. The van der Waals surface area contributed by atoms with Crippen molar-refractivity contribution in [3.05, 3.63) is 77.9 Å². The van der Waals surface area contributed by atoms with E-state index in [1.165, 1.54) is 20.3 Å². The van der Waals surface area contributed by atoms with Crippen LogP contribution in [0, 0.1) is 6.92 Å². The molecule has 0 radical (unpaired) electrons. The largest absolute Gasteiger partial charge is 0.497 e. The minimum atomic E-state index is -4.21. The molecular formula is C29H34N4O6S. The Morgan fingerprint density at radius 3 is 2.15 bits per heavy atom. The van der Waals surface area contributed by atoms with E-state index in [9.17, 15) is 18.0 Å². The average Bonchev–Trinajstić information content (AvgIpc) is 2.96. The van der Waals surface area contributed by atoms with Crippen molar-refractivity contribution in [3.63, 3.8) is 0 Å². The maximum Gasteiger partial charge on any atom is 0.268 e. The van der Waals surface area contributed by atoms with Gasteiger partial charge < -0.3 is 24.6 Å². The Kier molecular flexibility index (Phi) is 8.96. The molecule has 0 atom stereocenters. The molecule has 0 aliphatic carbocycles. The van der Waals surface area contributed by atoms with Gasteiger partial charge in [-0.1, -0.05) is 6.07 Å². The van der Waals surface area contributed by atoms with E-state index in [2.05, 4.69) is 10.2 Å². The third-order valence-electron chi connectivity index (χ3n) is 6.74. The number of benzene rings is 3. The Labute approximate surface area is 235 Å². The zero-order valence-electron chi connectivity index (χ0n) is 23.1. The van der Waals surface area contributed by atoms with Gasteiger partial charge in [0.1, 0.15) is 22.9 Å². The average molecular weight is 567 g/mol. The molecule has 0 unspecified atom stereocenters. The molecule has 0 saturated carbocycles. The topological polar surface area (TPSA) is 108 Å². The quantitative estimate of drug-likeness (QED) is 0.424. The van der Waals surface area contributed by atoms with Gasteiger partial charge in [0.2, 0.25) is 5.91 Å². The van der Waals surface area contributed by atoms with Gasteiger partial charge >= 0.3 is 0 Å². The first kappa shape index (κ1) is 28.9. The minimum Gasteiger partial charge on any atom is -0.497 e. The Morgan fingerprint density at radius 1 is 0.900 bits per heavy atom. The molecule has 4 rings (SSSR count). The summed E-state index contributed by atoms with van der Waals surface area (Å²) in [5.41, 5.74) is 1.98. The van der Waals surface area contributed by atoms with Crippen LogP contribution in [0.15, 0.2) is 71.6 Å². The summed E-state index contributed by atoms with van der Waals surface area (Å²) in [6, 6.07) is 17.8. The van der Waals surface area contributed by atoms with Crippen LogP contribution in [-0.2, 0) is 14.8 Å². The smallest absolute Gasteiger partial charge is 0.268 e. The molecule has 40 heavy (non-hydrogen) atoms. The van der Waals surface area contributed by atoms with E-state index in [0.29, 0.717) is 30.1 Å². The van der Waals surface area contributed by atoms with Gasteiger partial charge in [-0.2, -0.15) is 0 Å². The van der Waals surface area contributed by atoms with Gasteiger partial charge in [0, 0.05) is 37.4 Å². The number of anilines is 2. The number of amides is 2. The third-order valence-corrected chi connectivity index (χ3v) is 8.54. The van der Waals surface area contributed by atoms with Crippen LogP contribution in [0.4, 0.5) is 11.4 Å². The molecule has 11 heteroatoms. The number of piperazine rings is 1. The molecule has 0 spiro atoms. The highest BCUT2D eigenvalue weighted by molar-refractivity contribution is 7.93. The van der Waals surface area contributed by atoms with Crippen molar-refractivity contribution in [3.8, 4) is 11.5 Å². The molecule has 212 valence electrons. The van der Waals surface area contributed by atoms with Gasteiger partial charge in [-0.25, -0.2) is 8.42 Å². The number of hydrogen-bond acceptors (Lipinski definition) is 7. The van der Waals surface area contributed by atoms with Crippen molar-refractivity contribution in [2.24, 2.45) is 0 Å². The molecule has 0 aromatic heterocycles. The summed E-state index contributed by atoms with van der Waals surface area (Å²) >= 11 is 0. The van der Waals surface area contributed by atoms with Crippen LogP contribution in [-0.4, -0.2) is 84.0 Å². The fraction of sp³-hybridized carbons (Fsp3) is 0.310. The van der Waals surface area contributed by atoms with Crippen molar-refractivity contribution in [1.82, 2.24) is 9.80 Å². The van der Waals surface area contributed by atoms with E-state index >= 15 is 0 Å². The maximum absolute atomic E-state index is 13.9. The van der Waals surface area contributed by atoms with E-state index in [1.54, 1.807) is 67.6 Å². The van der Waals surface area contributed by atoms with Gasteiger partial charge in [-0.3, -0.25) is 13.9 Å². The zero-order valence-corrected chi connectivity index (χ0v) is 23.9. The summed E-state index contributed by atoms with van der Waals surface area (Å²) in [5, 5.41) is 2.75.